The summed E-state index contributed by atoms with van der Waals surface area (Å²) in [4.78, 5) is 15.4. The molecule has 1 aromatic carbocycles. The van der Waals surface area contributed by atoms with Gasteiger partial charge in [0.1, 0.15) is 12.3 Å². The summed E-state index contributed by atoms with van der Waals surface area (Å²) in [6.07, 6.45) is 3.46. The lowest BCUT2D eigenvalue weighted by atomic mass is 10.1. The van der Waals surface area contributed by atoms with Crippen LogP contribution in [0.4, 0.5) is 0 Å². The van der Waals surface area contributed by atoms with Crippen molar-refractivity contribution in [1.29, 1.82) is 0 Å². The van der Waals surface area contributed by atoms with Crippen molar-refractivity contribution in [3.8, 4) is 11.5 Å². The Bertz CT molecular complexity index is 670. The second-order valence-corrected chi connectivity index (χ2v) is 5.34. The van der Waals surface area contributed by atoms with Crippen molar-refractivity contribution in [1.82, 2.24) is 9.80 Å². The van der Waals surface area contributed by atoms with Crippen LogP contribution in [0.1, 0.15) is 12.5 Å². The lowest BCUT2D eigenvalue weighted by Gasteiger charge is -2.13. The Morgan fingerprint density at radius 2 is 1.96 bits per heavy atom. The number of amides is 1. The van der Waals surface area contributed by atoms with Crippen LogP contribution in [0.15, 0.2) is 36.6 Å². The van der Waals surface area contributed by atoms with Gasteiger partial charge in [-0.3, -0.25) is 9.69 Å². The minimum absolute atomic E-state index is 0.123. The van der Waals surface area contributed by atoms with Gasteiger partial charge in [0.25, 0.3) is 5.91 Å². The van der Waals surface area contributed by atoms with Crippen molar-refractivity contribution >= 4 is 29.3 Å². The highest BCUT2D eigenvalue weighted by molar-refractivity contribution is 7.80. The molecule has 1 fully saturated rings. The van der Waals surface area contributed by atoms with E-state index in [4.69, 9.17) is 21.7 Å². The fourth-order valence-electron chi connectivity index (χ4n) is 2.20. The largest absolute Gasteiger partial charge is 0.490 e. The van der Waals surface area contributed by atoms with Crippen LogP contribution >= 0.6 is 12.2 Å². The van der Waals surface area contributed by atoms with Gasteiger partial charge >= 0.3 is 0 Å². The van der Waals surface area contributed by atoms with Gasteiger partial charge in [0.05, 0.1) is 6.61 Å². The molecule has 0 N–H and O–H groups in total. The fraction of sp³-hybridized carbons (Fsp3) is 0.294. The normalized spacial score (nSPS) is 16.2. The minimum atomic E-state index is -0.123. The molecule has 0 unspecified atom stereocenters. The molecule has 0 aliphatic carbocycles. The van der Waals surface area contributed by atoms with E-state index in [2.05, 4.69) is 6.58 Å². The molecule has 0 radical (unpaired) electrons. The molecule has 1 saturated heterocycles. The first-order chi connectivity index (χ1) is 11.0. The van der Waals surface area contributed by atoms with Gasteiger partial charge in [-0.05, 0) is 42.9 Å². The maximum atomic E-state index is 12.2. The van der Waals surface area contributed by atoms with E-state index in [0.29, 0.717) is 35.5 Å². The number of nitrogens with zero attached hydrogens (tertiary/aromatic N) is 2. The van der Waals surface area contributed by atoms with Crippen molar-refractivity contribution in [2.24, 2.45) is 0 Å². The van der Waals surface area contributed by atoms with Crippen LogP contribution < -0.4 is 9.47 Å². The number of carbonyl (C=O) groups is 1. The van der Waals surface area contributed by atoms with Crippen LogP contribution in [0.25, 0.3) is 6.08 Å². The van der Waals surface area contributed by atoms with E-state index in [-0.39, 0.29) is 5.91 Å². The number of hydrogen-bond donors (Lipinski definition) is 0. The summed E-state index contributed by atoms with van der Waals surface area (Å²) in [5.74, 6) is 1.16. The van der Waals surface area contributed by atoms with Gasteiger partial charge in [-0.2, -0.15) is 0 Å². The third kappa shape index (κ3) is 3.53. The summed E-state index contributed by atoms with van der Waals surface area (Å²) in [6.45, 7) is 6.47. The second kappa shape index (κ2) is 7.28. The first-order valence-electron chi connectivity index (χ1n) is 7.27. The number of rotatable bonds is 6. The average Bonchev–Trinajstić information content (AvgIpc) is 2.72. The van der Waals surface area contributed by atoms with Crippen molar-refractivity contribution in [3.63, 3.8) is 0 Å². The molecule has 23 heavy (non-hydrogen) atoms. The van der Waals surface area contributed by atoms with Gasteiger partial charge in [0, 0.05) is 14.1 Å². The maximum absolute atomic E-state index is 12.2. The zero-order chi connectivity index (χ0) is 17.0. The lowest BCUT2D eigenvalue weighted by molar-refractivity contribution is -0.121. The third-order valence-corrected chi connectivity index (χ3v) is 3.93. The highest BCUT2D eigenvalue weighted by atomic mass is 32.1. The molecule has 6 heteroatoms. The fourth-order valence-corrected chi connectivity index (χ4v) is 2.38. The molecular formula is C17H20N2O3S. The van der Waals surface area contributed by atoms with Gasteiger partial charge in [-0.15, -0.1) is 0 Å². The Morgan fingerprint density at radius 3 is 2.52 bits per heavy atom. The van der Waals surface area contributed by atoms with Gasteiger partial charge < -0.3 is 14.4 Å². The summed E-state index contributed by atoms with van der Waals surface area (Å²) in [6, 6.07) is 5.54. The Labute approximate surface area is 141 Å². The molecule has 1 aliphatic rings. The number of benzene rings is 1. The van der Waals surface area contributed by atoms with E-state index in [1.807, 2.05) is 25.1 Å². The first kappa shape index (κ1) is 17.0. The molecule has 2 rings (SSSR count). The molecule has 1 aliphatic heterocycles. The summed E-state index contributed by atoms with van der Waals surface area (Å²) >= 11 is 5.21. The number of thiocarbonyl (C=S) groups is 1. The molecule has 0 spiro atoms. The van der Waals surface area contributed by atoms with Crippen molar-refractivity contribution in [2.75, 3.05) is 27.3 Å². The smallest absolute Gasteiger partial charge is 0.276 e. The quantitative estimate of drug-likeness (QED) is 0.455. The highest BCUT2D eigenvalue weighted by Crippen LogP contribution is 2.30. The van der Waals surface area contributed by atoms with Gasteiger partial charge in [0.2, 0.25) is 0 Å². The Hall–Kier alpha value is -2.34. The van der Waals surface area contributed by atoms with E-state index < -0.39 is 0 Å². The van der Waals surface area contributed by atoms with Gasteiger partial charge in [-0.25, -0.2) is 0 Å². The van der Waals surface area contributed by atoms with E-state index in [1.54, 1.807) is 31.1 Å². The van der Waals surface area contributed by atoms with E-state index >= 15 is 0 Å². The van der Waals surface area contributed by atoms with Crippen LogP contribution in [0, 0.1) is 0 Å². The molecule has 0 aromatic heterocycles. The second-order valence-electron chi connectivity index (χ2n) is 4.97. The van der Waals surface area contributed by atoms with Crippen LogP contribution in [0.2, 0.25) is 0 Å². The van der Waals surface area contributed by atoms with E-state index in [1.165, 1.54) is 4.90 Å². The summed E-state index contributed by atoms with van der Waals surface area (Å²) in [5, 5.41) is 0.484. The molecule has 1 amide bonds. The molecule has 0 saturated carbocycles. The van der Waals surface area contributed by atoms with Crippen LogP contribution in [0.5, 0.6) is 11.5 Å². The third-order valence-electron chi connectivity index (χ3n) is 3.39. The van der Waals surface area contributed by atoms with Crippen molar-refractivity contribution < 1.29 is 14.3 Å². The molecule has 1 heterocycles. The average molecular weight is 332 g/mol. The number of hydrogen-bond acceptors (Lipinski definition) is 4. The number of ether oxygens (including phenoxy) is 2. The van der Waals surface area contributed by atoms with Crippen LogP contribution in [0.3, 0.4) is 0 Å². The Morgan fingerprint density at radius 1 is 1.22 bits per heavy atom. The maximum Gasteiger partial charge on any atom is 0.276 e. The topological polar surface area (TPSA) is 42.0 Å². The standard InChI is InChI=1S/C17H20N2O3S/c1-5-9-22-14-8-7-12(11-15(14)21-6-2)10-13-16(20)19(4)17(23)18(13)3/h5,7-8,10-11H,1,6,9H2,2-4H3/b13-10-. The Balaban J connectivity index is 2.35. The van der Waals surface area contributed by atoms with Crippen molar-refractivity contribution in [3.05, 3.63) is 42.1 Å². The minimum Gasteiger partial charge on any atom is -0.490 e. The molecule has 1 aromatic rings. The van der Waals surface area contributed by atoms with Gasteiger partial charge in [0.15, 0.2) is 16.6 Å². The predicted molar refractivity (Wildman–Crippen MR) is 94.4 cm³/mol. The monoisotopic (exact) mass is 332 g/mol. The zero-order valence-electron chi connectivity index (χ0n) is 13.5. The molecule has 5 nitrogen and oxygen atoms in total. The first-order valence-corrected chi connectivity index (χ1v) is 7.68. The molecular weight excluding hydrogens is 312 g/mol. The summed E-state index contributed by atoms with van der Waals surface area (Å²) in [7, 11) is 3.44. The molecule has 0 bridgehead atoms. The number of carbonyl (C=O) groups excluding carboxylic acids is 1. The zero-order valence-corrected chi connectivity index (χ0v) is 14.4. The SMILES string of the molecule is C=CCOc1ccc(/C=C2/C(=O)N(C)C(=S)N2C)cc1OCC. The van der Waals surface area contributed by atoms with Crippen molar-refractivity contribution in [2.45, 2.75) is 6.92 Å². The molecule has 0 atom stereocenters. The number of likely N-dealkylation sites (N-methyl/N-ethyl adjacent to an activating group) is 2. The summed E-state index contributed by atoms with van der Waals surface area (Å²) in [5.41, 5.74) is 1.37. The van der Waals surface area contributed by atoms with E-state index in [9.17, 15) is 4.79 Å². The lowest BCUT2D eigenvalue weighted by Crippen LogP contribution is -2.26. The predicted octanol–water partition coefficient (Wildman–Crippen LogP) is 2.68. The highest BCUT2D eigenvalue weighted by Gasteiger charge is 2.32. The summed E-state index contributed by atoms with van der Waals surface area (Å²) < 4.78 is 11.2. The van der Waals surface area contributed by atoms with Crippen LogP contribution in [-0.4, -0.2) is 48.1 Å². The van der Waals surface area contributed by atoms with Crippen LogP contribution in [-0.2, 0) is 4.79 Å². The molecule has 122 valence electrons. The van der Waals surface area contributed by atoms with Gasteiger partial charge in [-0.1, -0.05) is 18.7 Å². The van der Waals surface area contributed by atoms with E-state index in [0.717, 1.165) is 5.56 Å². The Kier molecular flexibility index (Phi) is 5.39.